The average Bonchev–Trinajstić information content (AvgIpc) is 2.65. The number of hydrogen-bond donors (Lipinski definition) is 1. The van der Waals surface area contributed by atoms with Crippen LogP contribution in [0.3, 0.4) is 0 Å². The minimum absolute atomic E-state index is 0.105. The van der Waals surface area contributed by atoms with E-state index < -0.39 is 5.97 Å². The van der Waals surface area contributed by atoms with Crippen LogP contribution in [0.25, 0.3) is 6.08 Å². The van der Waals surface area contributed by atoms with E-state index in [0.717, 1.165) is 23.1 Å². The number of benzene rings is 2. The third-order valence-corrected chi connectivity index (χ3v) is 4.10. The molecule has 1 N–H and O–H groups in total. The Labute approximate surface area is 158 Å². The van der Waals surface area contributed by atoms with Crippen molar-refractivity contribution in [1.82, 2.24) is 5.32 Å². The third-order valence-electron chi connectivity index (χ3n) is 3.85. The van der Waals surface area contributed by atoms with Crippen LogP contribution in [0.2, 0.25) is 5.02 Å². The van der Waals surface area contributed by atoms with E-state index in [-0.39, 0.29) is 18.6 Å². The second kappa shape index (κ2) is 9.78. The first-order valence-corrected chi connectivity index (χ1v) is 8.82. The van der Waals surface area contributed by atoms with Crippen molar-refractivity contribution < 1.29 is 14.3 Å². The monoisotopic (exact) mass is 371 g/mol. The molecule has 0 saturated heterocycles. The number of amides is 1. The Kier molecular flexibility index (Phi) is 7.42. The van der Waals surface area contributed by atoms with Crippen LogP contribution in [0.4, 0.5) is 0 Å². The summed E-state index contributed by atoms with van der Waals surface area (Å²) in [6.07, 6.45) is 3.64. The Morgan fingerprint density at radius 2 is 1.77 bits per heavy atom. The number of ether oxygens (including phenoxy) is 1. The smallest absolute Gasteiger partial charge is 0.331 e. The summed E-state index contributed by atoms with van der Waals surface area (Å²) in [5, 5.41) is 3.51. The fourth-order valence-corrected chi connectivity index (χ4v) is 2.50. The van der Waals surface area contributed by atoms with Gasteiger partial charge in [-0.25, -0.2) is 4.79 Å². The minimum Gasteiger partial charge on any atom is -0.452 e. The zero-order valence-corrected chi connectivity index (χ0v) is 15.6. The van der Waals surface area contributed by atoms with E-state index in [2.05, 4.69) is 5.32 Å². The van der Waals surface area contributed by atoms with Gasteiger partial charge in [-0.1, -0.05) is 60.5 Å². The highest BCUT2D eigenvalue weighted by molar-refractivity contribution is 6.30. The molecule has 0 bridgehead atoms. The van der Waals surface area contributed by atoms with Gasteiger partial charge >= 0.3 is 5.97 Å². The van der Waals surface area contributed by atoms with E-state index in [1.807, 2.05) is 38.1 Å². The fraction of sp³-hybridized carbons (Fsp3) is 0.238. The number of hydrogen-bond acceptors (Lipinski definition) is 3. The summed E-state index contributed by atoms with van der Waals surface area (Å²) in [6, 6.07) is 14.9. The van der Waals surface area contributed by atoms with Crippen molar-refractivity contribution in [3.8, 4) is 0 Å². The Bertz CT molecular complexity index is 767. The van der Waals surface area contributed by atoms with E-state index in [0.29, 0.717) is 5.02 Å². The fourth-order valence-electron chi connectivity index (χ4n) is 2.38. The minimum atomic E-state index is -0.571. The third kappa shape index (κ3) is 6.37. The van der Waals surface area contributed by atoms with Gasteiger partial charge in [0, 0.05) is 11.1 Å². The number of halogens is 1. The molecule has 5 heteroatoms. The van der Waals surface area contributed by atoms with Gasteiger partial charge in [0.2, 0.25) is 0 Å². The standard InChI is InChI=1S/C21H22ClNO3/c1-3-19(17-9-4-15(2)5-10-17)23-20(24)14-26-21(25)13-8-16-6-11-18(22)12-7-16/h4-13,19H,3,14H2,1-2H3,(H,23,24)/b13-8+/t19-/m1/s1. The van der Waals surface area contributed by atoms with Crippen molar-refractivity contribution in [3.63, 3.8) is 0 Å². The van der Waals surface area contributed by atoms with Crippen molar-refractivity contribution in [2.75, 3.05) is 6.61 Å². The van der Waals surface area contributed by atoms with E-state index in [9.17, 15) is 9.59 Å². The molecule has 1 amide bonds. The SMILES string of the molecule is CC[C@@H](NC(=O)COC(=O)/C=C/c1ccc(Cl)cc1)c1ccc(C)cc1. The lowest BCUT2D eigenvalue weighted by atomic mass is 10.0. The molecule has 2 rings (SSSR count). The number of esters is 1. The topological polar surface area (TPSA) is 55.4 Å². The molecule has 2 aromatic rings. The molecule has 0 saturated carbocycles. The predicted molar refractivity (Wildman–Crippen MR) is 104 cm³/mol. The Morgan fingerprint density at radius 1 is 1.12 bits per heavy atom. The van der Waals surface area contributed by atoms with Gasteiger partial charge in [-0.3, -0.25) is 4.79 Å². The molecule has 1 atom stereocenters. The van der Waals surface area contributed by atoms with E-state index >= 15 is 0 Å². The summed E-state index contributed by atoms with van der Waals surface area (Å²) >= 11 is 5.80. The summed E-state index contributed by atoms with van der Waals surface area (Å²) in [5.74, 6) is -0.899. The van der Waals surface area contributed by atoms with E-state index in [4.69, 9.17) is 16.3 Å². The van der Waals surface area contributed by atoms with Crippen LogP contribution in [0.15, 0.2) is 54.6 Å². The zero-order chi connectivity index (χ0) is 18.9. The molecule has 26 heavy (non-hydrogen) atoms. The first kappa shape index (κ1) is 19.7. The summed E-state index contributed by atoms with van der Waals surface area (Å²) in [5.41, 5.74) is 3.01. The number of carbonyl (C=O) groups is 2. The highest BCUT2D eigenvalue weighted by atomic mass is 35.5. The molecular formula is C21H22ClNO3. The van der Waals surface area contributed by atoms with Crippen LogP contribution in [0.5, 0.6) is 0 Å². The summed E-state index contributed by atoms with van der Waals surface area (Å²) in [6.45, 7) is 3.69. The highest BCUT2D eigenvalue weighted by Crippen LogP contribution is 2.17. The van der Waals surface area contributed by atoms with E-state index in [1.54, 1.807) is 30.3 Å². The van der Waals surface area contributed by atoms with E-state index in [1.165, 1.54) is 6.08 Å². The number of rotatable bonds is 7. The Balaban J connectivity index is 1.82. The lowest BCUT2D eigenvalue weighted by molar-refractivity contribution is -0.144. The summed E-state index contributed by atoms with van der Waals surface area (Å²) < 4.78 is 4.99. The van der Waals surface area contributed by atoms with Crippen molar-refractivity contribution in [2.45, 2.75) is 26.3 Å². The normalized spacial score (nSPS) is 12.0. The molecule has 0 heterocycles. The first-order chi connectivity index (χ1) is 12.5. The van der Waals surface area contributed by atoms with Gasteiger partial charge in [-0.15, -0.1) is 0 Å². The van der Waals surface area contributed by atoms with Crippen molar-refractivity contribution in [1.29, 1.82) is 0 Å². The lowest BCUT2D eigenvalue weighted by Crippen LogP contribution is -2.32. The van der Waals surface area contributed by atoms with Gasteiger partial charge in [0.25, 0.3) is 5.91 Å². The molecule has 0 aromatic heterocycles. The highest BCUT2D eigenvalue weighted by Gasteiger charge is 2.13. The van der Waals surface area contributed by atoms with Gasteiger partial charge in [0.1, 0.15) is 0 Å². The van der Waals surface area contributed by atoms with Gasteiger partial charge in [0.15, 0.2) is 6.61 Å². The second-order valence-electron chi connectivity index (χ2n) is 5.93. The number of nitrogens with one attached hydrogen (secondary N) is 1. The van der Waals surface area contributed by atoms with Gasteiger partial charge in [0.05, 0.1) is 6.04 Å². The molecule has 0 radical (unpaired) electrons. The number of aryl methyl sites for hydroxylation is 1. The molecule has 0 spiro atoms. The maximum Gasteiger partial charge on any atom is 0.331 e. The molecule has 0 unspecified atom stereocenters. The van der Waals surface area contributed by atoms with Crippen LogP contribution in [0.1, 0.15) is 36.1 Å². The van der Waals surface area contributed by atoms with Gasteiger partial charge < -0.3 is 10.1 Å². The molecular weight excluding hydrogens is 350 g/mol. The summed E-state index contributed by atoms with van der Waals surface area (Å²) in [4.78, 5) is 23.8. The molecule has 0 aliphatic heterocycles. The van der Waals surface area contributed by atoms with Crippen molar-refractivity contribution in [2.24, 2.45) is 0 Å². The molecule has 2 aromatic carbocycles. The Hall–Kier alpha value is -2.59. The van der Waals surface area contributed by atoms with Crippen LogP contribution in [-0.4, -0.2) is 18.5 Å². The Morgan fingerprint density at radius 3 is 2.38 bits per heavy atom. The molecule has 0 fully saturated rings. The van der Waals surface area contributed by atoms with Crippen molar-refractivity contribution >= 4 is 29.6 Å². The second-order valence-corrected chi connectivity index (χ2v) is 6.37. The predicted octanol–water partition coefficient (Wildman–Crippen LogP) is 4.47. The average molecular weight is 372 g/mol. The zero-order valence-electron chi connectivity index (χ0n) is 14.9. The first-order valence-electron chi connectivity index (χ1n) is 8.44. The van der Waals surface area contributed by atoms with Crippen LogP contribution < -0.4 is 5.32 Å². The maximum absolute atomic E-state index is 12.0. The molecule has 4 nitrogen and oxygen atoms in total. The molecule has 0 aliphatic carbocycles. The number of carbonyl (C=O) groups excluding carboxylic acids is 2. The quantitative estimate of drug-likeness (QED) is 0.577. The van der Waals surface area contributed by atoms with Crippen LogP contribution in [-0.2, 0) is 14.3 Å². The summed E-state index contributed by atoms with van der Waals surface area (Å²) in [7, 11) is 0. The van der Waals surface area contributed by atoms with Gasteiger partial charge in [-0.2, -0.15) is 0 Å². The van der Waals surface area contributed by atoms with Crippen molar-refractivity contribution in [3.05, 3.63) is 76.3 Å². The molecule has 0 aliphatic rings. The maximum atomic E-state index is 12.0. The largest absolute Gasteiger partial charge is 0.452 e. The van der Waals surface area contributed by atoms with Gasteiger partial charge in [-0.05, 0) is 42.7 Å². The lowest BCUT2D eigenvalue weighted by Gasteiger charge is -2.17. The molecule has 136 valence electrons. The van der Waals surface area contributed by atoms with Crippen LogP contribution >= 0.6 is 11.6 Å². The van der Waals surface area contributed by atoms with Crippen LogP contribution in [0, 0.1) is 6.92 Å².